The topological polar surface area (TPSA) is 15.3 Å². The van der Waals surface area contributed by atoms with Gasteiger partial charge in [-0.3, -0.25) is 4.90 Å². The number of hydrogen-bond acceptors (Lipinski definition) is 2. The average Bonchev–Trinajstić information content (AvgIpc) is 3.21. The molecule has 4 heteroatoms. The van der Waals surface area contributed by atoms with Crippen LogP contribution in [0.4, 0.5) is 4.39 Å². The average molecular weight is 355 g/mol. The van der Waals surface area contributed by atoms with Crippen molar-refractivity contribution >= 4 is 15.9 Å². The molecule has 0 amide bonds. The molecule has 1 aliphatic heterocycles. The van der Waals surface area contributed by atoms with Crippen LogP contribution in [0.1, 0.15) is 32.3 Å². The summed E-state index contributed by atoms with van der Waals surface area (Å²) in [6.45, 7) is 7.53. The van der Waals surface area contributed by atoms with Gasteiger partial charge in [0.25, 0.3) is 0 Å². The Labute approximate surface area is 135 Å². The lowest BCUT2D eigenvalue weighted by Gasteiger charge is -2.42. The third-order valence-electron chi connectivity index (χ3n) is 4.76. The van der Waals surface area contributed by atoms with Gasteiger partial charge in [-0.15, -0.1) is 0 Å². The minimum atomic E-state index is -0.158. The van der Waals surface area contributed by atoms with Gasteiger partial charge in [0, 0.05) is 36.2 Å². The first-order valence-electron chi connectivity index (χ1n) is 7.95. The summed E-state index contributed by atoms with van der Waals surface area (Å²) >= 11 is 3.40. The van der Waals surface area contributed by atoms with E-state index in [9.17, 15) is 4.39 Å². The SMILES string of the molecule is CC(C)C1CNC(C2CC2)CN1Cc1cc(F)cc(Br)c1. The zero-order valence-electron chi connectivity index (χ0n) is 12.8. The van der Waals surface area contributed by atoms with Crippen molar-refractivity contribution < 1.29 is 4.39 Å². The lowest BCUT2D eigenvalue weighted by atomic mass is 9.96. The maximum atomic E-state index is 13.6. The fraction of sp³-hybridized carbons (Fsp3) is 0.647. The summed E-state index contributed by atoms with van der Waals surface area (Å²) in [5.41, 5.74) is 1.06. The van der Waals surface area contributed by atoms with Crippen LogP contribution in [0.5, 0.6) is 0 Å². The van der Waals surface area contributed by atoms with E-state index in [4.69, 9.17) is 0 Å². The van der Waals surface area contributed by atoms with Gasteiger partial charge >= 0.3 is 0 Å². The lowest BCUT2D eigenvalue weighted by Crippen LogP contribution is -2.58. The van der Waals surface area contributed by atoms with Gasteiger partial charge in [0.05, 0.1) is 0 Å². The second-order valence-electron chi connectivity index (χ2n) is 6.87. The van der Waals surface area contributed by atoms with Crippen molar-refractivity contribution in [1.29, 1.82) is 0 Å². The molecule has 1 aromatic carbocycles. The Bertz CT molecular complexity index is 481. The number of benzene rings is 1. The predicted molar refractivity (Wildman–Crippen MR) is 87.7 cm³/mol. The number of nitrogens with zero attached hydrogens (tertiary/aromatic N) is 1. The summed E-state index contributed by atoms with van der Waals surface area (Å²) in [6, 6.07) is 6.37. The minimum absolute atomic E-state index is 0.158. The van der Waals surface area contributed by atoms with E-state index in [2.05, 4.69) is 40.0 Å². The van der Waals surface area contributed by atoms with Crippen LogP contribution in [0.2, 0.25) is 0 Å². The van der Waals surface area contributed by atoms with Crippen molar-refractivity contribution in [2.45, 2.75) is 45.3 Å². The minimum Gasteiger partial charge on any atom is -0.311 e. The van der Waals surface area contributed by atoms with Crippen LogP contribution in [0.3, 0.4) is 0 Å². The molecule has 2 fully saturated rings. The first kappa shape index (κ1) is 15.4. The Balaban J connectivity index is 1.74. The van der Waals surface area contributed by atoms with Gasteiger partial charge in [-0.25, -0.2) is 4.39 Å². The maximum Gasteiger partial charge on any atom is 0.124 e. The van der Waals surface area contributed by atoms with Crippen LogP contribution in [-0.2, 0) is 6.54 Å². The molecule has 116 valence electrons. The second kappa shape index (κ2) is 6.35. The van der Waals surface area contributed by atoms with E-state index in [1.807, 2.05) is 6.07 Å². The van der Waals surface area contributed by atoms with Crippen LogP contribution >= 0.6 is 15.9 Å². The van der Waals surface area contributed by atoms with Crippen LogP contribution < -0.4 is 5.32 Å². The van der Waals surface area contributed by atoms with Crippen LogP contribution in [0.25, 0.3) is 0 Å². The molecule has 0 aromatic heterocycles. The molecule has 2 nitrogen and oxygen atoms in total. The van der Waals surface area contributed by atoms with E-state index in [0.29, 0.717) is 18.0 Å². The Morgan fingerprint density at radius 2 is 2.10 bits per heavy atom. The highest BCUT2D eigenvalue weighted by molar-refractivity contribution is 9.10. The van der Waals surface area contributed by atoms with E-state index >= 15 is 0 Å². The summed E-state index contributed by atoms with van der Waals surface area (Å²) in [7, 11) is 0. The fourth-order valence-corrected chi connectivity index (χ4v) is 3.96. The van der Waals surface area contributed by atoms with E-state index in [1.54, 1.807) is 6.07 Å². The molecule has 1 heterocycles. The summed E-state index contributed by atoms with van der Waals surface area (Å²) in [6.07, 6.45) is 2.73. The van der Waals surface area contributed by atoms with Crippen LogP contribution in [0.15, 0.2) is 22.7 Å². The third kappa shape index (κ3) is 3.85. The molecule has 1 aromatic rings. The van der Waals surface area contributed by atoms with Gasteiger partial charge < -0.3 is 5.32 Å². The first-order valence-corrected chi connectivity index (χ1v) is 8.74. The molecule has 1 N–H and O–H groups in total. The highest BCUT2D eigenvalue weighted by Gasteiger charge is 2.37. The Kier molecular flexibility index (Phi) is 4.67. The molecular weight excluding hydrogens is 331 g/mol. The molecular formula is C17H24BrFN2. The molecule has 2 aliphatic rings. The highest BCUT2D eigenvalue weighted by atomic mass is 79.9. The Morgan fingerprint density at radius 1 is 1.33 bits per heavy atom. The predicted octanol–water partition coefficient (Wildman–Crippen LogP) is 3.80. The zero-order chi connectivity index (χ0) is 15.0. The number of hydrogen-bond donors (Lipinski definition) is 1. The first-order chi connectivity index (χ1) is 10.0. The summed E-state index contributed by atoms with van der Waals surface area (Å²) in [4.78, 5) is 2.55. The van der Waals surface area contributed by atoms with Crippen molar-refractivity contribution in [3.05, 3.63) is 34.1 Å². The van der Waals surface area contributed by atoms with Gasteiger partial charge in [-0.1, -0.05) is 29.8 Å². The van der Waals surface area contributed by atoms with Gasteiger partial charge in [-0.2, -0.15) is 0 Å². The smallest absolute Gasteiger partial charge is 0.124 e. The molecule has 0 bridgehead atoms. The van der Waals surface area contributed by atoms with Crippen LogP contribution in [0, 0.1) is 17.7 Å². The summed E-state index contributed by atoms with van der Waals surface area (Å²) in [5.74, 6) is 1.31. The van der Waals surface area contributed by atoms with Crippen molar-refractivity contribution in [2.24, 2.45) is 11.8 Å². The Morgan fingerprint density at radius 3 is 2.71 bits per heavy atom. The van der Waals surface area contributed by atoms with Crippen molar-refractivity contribution in [3.8, 4) is 0 Å². The molecule has 3 rings (SSSR count). The highest BCUT2D eigenvalue weighted by Crippen LogP contribution is 2.35. The lowest BCUT2D eigenvalue weighted by molar-refractivity contribution is 0.0851. The monoisotopic (exact) mass is 354 g/mol. The zero-order valence-corrected chi connectivity index (χ0v) is 14.4. The van der Waals surface area contributed by atoms with E-state index in [1.165, 1.54) is 18.9 Å². The third-order valence-corrected chi connectivity index (χ3v) is 5.22. The summed E-state index contributed by atoms with van der Waals surface area (Å²) in [5, 5.41) is 3.73. The fourth-order valence-electron chi connectivity index (χ4n) is 3.44. The molecule has 2 atom stereocenters. The molecule has 2 unspecified atom stereocenters. The van der Waals surface area contributed by atoms with Crippen molar-refractivity contribution in [3.63, 3.8) is 0 Å². The molecule has 0 radical (unpaired) electrons. The molecule has 1 aliphatic carbocycles. The normalized spacial score (nSPS) is 27.3. The van der Waals surface area contributed by atoms with E-state index < -0.39 is 0 Å². The van der Waals surface area contributed by atoms with Gasteiger partial charge in [0.1, 0.15) is 5.82 Å². The molecule has 1 saturated carbocycles. The largest absolute Gasteiger partial charge is 0.311 e. The number of nitrogens with one attached hydrogen (secondary N) is 1. The number of piperazine rings is 1. The van der Waals surface area contributed by atoms with Gasteiger partial charge in [0.2, 0.25) is 0 Å². The van der Waals surface area contributed by atoms with Crippen molar-refractivity contribution in [1.82, 2.24) is 10.2 Å². The quantitative estimate of drug-likeness (QED) is 0.884. The molecule has 0 spiro atoms. The second-order valence-corrected chi connectivity index (χ2v) is 7.79. The van der Waals surface area contributed by atoms with Crippen molar-refractivity contribution in [2.75, 3.05) is 13.1 Å². The van der Waals surface area contributed by atoms with Crippen LogP contribution in [-0.4, -0.2) is 30.1 Å². The van der Waals surface area contributed by atoms with E-state index in [0.717, 1.165) is 35.6 Å². The van der Waals surface area contributed by atoms with Gasteiger partial charge in [0.15, 0.2) is 0 Å². The molecule has 21 heavy (non-hydrogen) atoms. The Hall–Kier alpha value is -0.450. The number of halogens is 2. The number of rotatable bonds is 4. The maximum absolute atomic E-state index is 13.6. The summed E-state index contributed by atoms with van der Waals surface area (Å²) < 4.78 is 14.4. The standard InChI is InChI=1S/C17H24BrFN2/c1-11(2)17-8-20-16(13-3-4-13)10-21(17)9-12-5-14(18)7-15(19)6-12/h5-7,11,13,16-17,20H,3-4,8-10H2,1-2H3. The van der Waals surface area contributed by atoms with Gasteiger partial charge in [-0.05, 0) is 48.4 Å². The van der Waals surface area contributed by atoms with E-state index in [-0.39, 0.29) is 5.82 Å². The molecule has 1 saturated heterocycles.